The lowest BCUT2D eigenvalue weighted by atomic mass is 10.1. The molecule has 0 aromatic rings. The fraction of sp³-hybridized carbons (Fsp3) is 0.833. The van der Waals surface area contributed by atoms with Crippen molar-refractivity contribution in [3.63, 3.8) is 0 Å². The quantitative estimate of drug-likeness (QED) is 0.705. The third kappa shape index (κ3) is 1.98. The van der Waals surface area contributed by atoms with Crippen molar-refractivity contribution in [3.8, 4) is 0 Å². The highest BCUT2D eigenvalue weighted by atomic mass is 16.5. The van der Waals surface area contributed by atoms with Gasteiger partial charge in [0.1, 0.15) is 0 Å². The molecule has 2 amide bonds. The van der Waals surface area contributed by atoms with E-state index in [0.717, 1.165) is 25.9 Å². The Kier molecular flexibility index (Phi) is 2.67. The van der Waals surface area contributed by atoms with Gasteiger partial charge in [0, 0.05) is 18.7 Å². The van der Waals surface area contributed by atoms with Crippen molar-refractivity contribution in [2.45, 2.75) is 56.8 Å². The van der Waals surface area contributed by atoms with Gasteiger partial charge in [-0.2, -0.15) is 0 Å². The van der Waals surface area contributed by atoms with Crippen LogP contribution < -0.4 is 5.32 Å². The topological polar surface area (TPSA) is 58.6 Å². The minimum atomic E-state index is -0.322. The molecule has 3 atom stereocenters. The molecule has 2 aliphatic heterocycles. The maximum absolute atomic E-state index is 12.1. The molecule has 17 heavy (non-hydrogen) atoms. The third-order valence-corrected chi connectivity index (χ3v) is 3.89. The van der Waals surface area contributed by atoms with E-state index in [0.29, 0.717) is 6.42 Å². The summed E-state index contributed by atoms with van der Waals surface area (Å²) >= 11 is 0. The Balaban J connectivity index is 1.64. The number of imide groups is 1. The highest BCUT2D eigenvalue weighted by Gasteiger charge is 2.46. The Hall–Kier alpha value is -0.940. The van der Waals surface area contributed by atoms with Crippen molar-refractivity contribution in [1.82, 2.24) is 10.2 Å². The van der Waals surface area contributed by atoms with Crippen LogP contribution in [0.2, 0.25) is 0 Å². The number of hydrogen-bond acceptors (Lipinski definition) is 4. The van der Waals surface area contributed by atoms with E-state index in [1.165, 1.54) is 4.90 Å². The normalized spacial score (nSPS) is 38.2. The molecule has 94 valence electrons. The first kappa shape index (κ1) is 11.2. The van der Waals surface area contributed by atoms with Crippen molar-refractivity contribution in [1.29, 1.82) is 0 Å². The molecule has 2 heterocycles. The molecule has 3 rings (SSSR count). The summed E-state index contributed by atoms with van der Waals surface area (Å²) in [7, 11) is 0. The Morgan fingerprint density at radius 3 is 2.65 bits per heavy atom. The summed E-state index contributed by atoms with van der Waals surface area (Å²) < 4.78 is 5.45. The van der Waals surface area contributed by atoms with Gasteiger partial charge in [-0.25, -0.2) is 0 Å². The van der Waals surface area contributed by atoms with E-state index >= 15 is 0 Å². The van der Waals surface area contributed by atoms with Gasteiger partial charge in [0.15, 0.2) is 0 Å². The molecule has 1 aliphatic carbocycles. The standard InChI is InChI=1S/C12H18N2O3/c1-7-9(4-5-17-7)13-10-6-11(15)14(12(10)16)8-2-3-8/h7-10,13H,2-6H2,1H3. The van der Waals surface area contributed by atoms with Gasteiger partial charge in [-0.15, -0.1) is 0 Å². The number of nitrogens with zero attached hydrogens (tertiary/aromatic N) is 1. The van der Waals surface area contributed by atoms with Crippen LogP contribution in [0.4, 0.5) is 0 Å². The molecule has 0 aromatic carbocycles. The fourth-order valence-corrected chi connectivity index (χ4v) is 2.71. The summed E-state index contributed by atoms with van der Waals surface area (Å²) in [5.74, 6) is -0.0434. The zero-order chi connectivity index (χ0) is 12.0. The first-order chi connectivity index (χ1) is 8.16. The molecule has 0 radical (unpaired) electrons. The molecule has 3 fully saturated rings. The van der Waals surface area contributed by atoms with E-state index in [9.17, 15) is 9.59 Å². The maximum Gasteiger partial charge on any atom is 0.247 e. The minimum Gasteiger partial charge on any atom is -0.377 e. The van der Waals surface area contributed by atoms with Crippen molar-refractivity contribution < 1.29 is 14.3 Å². The SMILES string of the molecule is CC1OCCC1NC1CC(=O)N(C2CC2)C1=O. The van der Waals surface area contributed by atoms with Crippen molar-refractivity contribution in [2.24, 2.45) is 0 Å². The lowest BCUT2D eigenvalue weighted by Crippen LogP contribution is -2.46. The van der Waals surface area contributed by atoms with Gasteiger partial charge < -0.3 is 4.74 Å². The van der Waals surface area contributed by atoms with Crippen molar-refractivity contribution >= 4 is 11.8 Å². The van der Waals surface area contributed by atoms with E-state index in [1.54, 1.807) is 0 Å². The van der Waals surface area contributed by atoms with Gasteiger partial charge in [0.05, 0.1) is 18.6 Å². The average Bonchev–Trinajstić information content (AvgIpc) is 2.97. The largest absolute Gasteiger partial charge is 0.377 e. The highest BCUT2D eigenvalue weighted by Crippen LogP contribution is 2.31. The lowest BCUT2D eigenvalue weighted by molar-refractivity contribution is -0.139. The number of ether oxygens (including phenoxy) is 1. The zero-order valence-corrected chi connectivity index (χ0v) is 10.0. The second-order valence-corrected chi connectivity index (χ2v) is 5.23. The highest BCUT2D eigenvalue weighted by molar-refractivity contribution is 6.06. The Bertz CT molecular complexity index is 354. The first-order valence-electron chi connectivity index (χ1n) is 6.40. The molecule has 1 N–H and O–H groups in total. The van der Waals surface area contributed by atoms with E-state index in [2.05, 4.69) is 5.32 Å². The molecule has 5 nitrogen and oxygen atoms in total. The summed E-state index contributed by atoms with van der Waals surface area (Å²) in [6.45, 7) is 2.74. The van der Waals surface area contributed by atoms with Crippen LogP contribution in [0.3, 0.4) is 0 Å². The van der Waals surface area contributed by atoms with Crippen LogP contribution in [0.5, 0.6) is 0 Å². The second-order valence-electron chi connectivity index (χ2n) is 5.23. The van der Waals surface area contributed by atoms with Gasteiger partial charge >= 0.3 is 0 Å². The third-order valence-electron chi connectivity index (χ3n) is 3.89. The van der Waals surface area contributed by atoms with Crippen LogP contribution in [-0.2, 0) is 14.3 Å². The van der Waals surface area contributed by atoms with Gasteiger partial charge in [-0.3, -0.25) is 19.8 Å². The zero-order valence-electron chi connectivity index (χ0n) is 10.0. The van der Waals surface area contributed by atoms with E-state index in [1.807, 2.05) is 6.92 Å². The predicted molar refractivity (Wildman–Crippen MR) is 60.2 cm³/mol. The van der Waals surface area contributed by atoms with Crippen LogP contribution in [0.15, 0.2) is 0 Å². The van der Waals surface area contributed by atoms with E-state index < -0.39 is 0 Å². The van der Waals surface area contributed by atoms with Gasteiger partial charge in [0.2, 0.25) is 11.8 Å². The van der Waals surface area contributed by atoms with Gasteiger partial charge in [-0.05, 0) is 26.2 Å². The number of carbonyl (C=O) groups excluding carboxylic acids is 2. The number of amides is 2. The van der Waals surface area contributed by atoms with Crippen molar-refractivity contribution in [2.75, 3.05) is 6.61 Å². The average molecular weight is 238 g/mol. The number of rotatable bonds is 3. The monoisotopic (exact) mass is 238 g/mol. The molecule has 0 aromatic heterocycles. The molecular weight excluding hydrogens is 220 g/mol. The summed E-state index contributed by atoms with van der Waals surface area (Å²) in [4.78, 5) is 25.3. The van der Waals surface area contributed by atoms with Gasteiger partial charge in [0.25, 0.3) is 0 Å². The van der Waals surface area contributed by atoms with Crippen LogP contribution in [0, 0.1) is 0 Å². The molecule has 2 saturated heterocycles. The first-order valence-corrected chi connectivity index (χ1v) is 6.40. The van der Waals surface area contributed by atoms with Crippen LogP contribution in [0.1, 0.15) is 32.6 Å². The molecule has 3 aliphatic rings. The molecule has 0 spiro atoms. The molecule has 3 unspecified atom stereocenters. The van der Waals surface area contributed by atoms with E-state index in [-0.39, 0.29) is 36.0 Å². The van der Waals surface area contributed by atoms with E-state index in [4.69, 9.17) is 4.74 Å². The minimum absolute atomic E-state index is 0.0124. The maximum atomic E-state index is 12.1. The molecular formula is C12H18N2O3. The Morgan fingerprint density at radius 1 is 1.29 bits per heavy atom. The molecule has 0 bridgehead atoms. The number of likely N-dealkylation sites (tertiary alicyclic amines) is 1. The fourth-order valence-electron chi connectivity index (χ4n) is 2.71. The summed E-state index contributed by atoms with van der Waals surface area (Å²) in [6, 6.07) is 0.0761. The van der Waals surface area contributed by atoms with Gasteiger partial charge in [-0.1, -0.05) is 0 Å². The Labute approximate surface area is 100 Å². The summed E-state index contributed by atoms with van der Waals surface area (Å²) in [5.41, 5.74) is 0. The van der Waals surface area contributed by atoms with Crippen LogP contribution in [-0.4, -0.2) is 47.6 Å². The predicted octanol–water partition coefficient (Wildman–Crippen LogP) is 0.0433. The molecule has 1 saturated carbocycles. The van der Waals surface area contributed by atoms with Crippen LogP contribution in [0.25, 0.3) is 0 Å². The Morgan fingerprint density at radius 2 is 2.06 bits per heavy atom. The summed E-state index contributed by atoms with van der Waals surface area (Å²) in [6.07, 6.45) is 3.33. The number of nitrogens with one attached hydrogen (secondary N) is 1. The van der Waals surface area contributed by atoms with Crippen LogP contribution >= 0.6 is 0 Å². The summed E-state index contributed by atoms with van der Waals surface area (Å²) in [5, 5.41) is 3.28. The second kappa shape index (κ2) is 4.07. The van der Waals surface area contributed by atoms with Crippen molar-refractivity contribution in [3.05, 3.63) is 0 Å². The number of hydrogen-bond donors (Lipinski definition) is 1. The smallest absolute Gasteiger partial charge is 0.247 e. The number of carbonyl (C=O) groups is 2. The molecule has 5 heteroatoms. The lowest BCUT2D eigenvalue weighted by Gasteiger charge is -2.20.